The predicted molar refractivity (Wildman–Crippen MR) is 112 cm³/mol. The van der Waals surface area contributed by atoms with Gasteiger partial charge in [-0.05, 0) is 49.4 Å². The normalized spacial score (nSPS) is 11.6. The number of aryl methyl sites for hydroxylation is 1. The Morgan fingerprint density at radius 1 is 1.11 bits per heavy atom. The Labute approximate surface area is 169 Å². The van der Waals surface area contributed by atoms with Gasteiger partial charge in [0.15, 0.2) is 6.61 Å². The topological polar surface area (TPSA) is 84.5 Å². The molecule has 0 aliphatic carbocycles. The minimum absolute atomic E-state index is 0.270. The number of thiophene rings is 1. The zero-order valence-electron chi connectivity index (χ0n) is 16.8. The van der Waals surface area contributed by atoms with Crippen molar-refractivity contribution in [2.24, 2.45) is 0 Å². The highest BCUT2D eigenvalue weighted by Gasteiger charge is 2.22. The van der Waals surface area contributed by atoms with Crippen LogP contribution in [0.5, 0.6) is 0 Å². The number of anilines is 2. The Kier molecular flexibility index (Phi) is 7.34. The van der Waals surface area contributed by atoms with E-state index in [0.717, 1.165) is 16.9 Å². The summed E-state index contributed by atoms with van der Waals surface area (Å²) in [7, 11) is 0. The summed E-state index contributed by atoms with van der Waals surface area (Å²) in [6.45, 7) is 8.89. The Morgan fingerprint density at radius 2 is 1.75 bits per heavy atom. The van der Waals surface area contributed by atoms with Crippen LogP contribution >= 0.6 is 11.3 Å². The van der Waals surface area contributed by atoms with Gasteiger partial charge in [-0.1, -0.05) is 26.0 Å². The summed E-state index contributed by atoms with van der Waals surface area (Å²) in [5.41, 5.74) is 2.89. The van der Waals surface area contributed by atoms with Gasteiger partial charge in [0, 0.05) is 17.5 Å². The molecule has 7 heteroatoms. The van der Waals surface area contributed by atoms with Gasteiger partial charge in [-0.3, -0.25) is 9.59 Å². The molecular weight excluding hydrogens is 376 g/mol. The molecule has 0 bridgehead atoms. The third kappa shape index (κ3) is 5.42. The standard InChI is InChI=1S/C21H26N2O4S/c1-6-12(2)16-7-9-17(10-8-16)23-18(25)11-27-21(26)19-13(3)14(4)28-20(19)22-15(5)24/h7-10,12H,6,11H2,1-5H3,(H,22,24)(H,23,25)/t12-/m1/s1. The van der Waals surface area contributed by atoms with Crippen molar-refractivity contribution in [3.63, 3.8) is 0 Å². The molecule has 0 unspecified atom stereocenters. The molecule has 2 N–H and O–H groups in total. The molecule has 1 aromatic carbocycles. The SMILES string of the molecule is CC[C@@H](C)c1ccc(NC(=O)COC(=O)c2c(NC(C)=O)sc(C)c2C)cc1. The number of amides is 2. The van der Waals surface area contributed by atoms with Crippen molar-refractivity contribution in [1.29, 1.82) is 0 Å². The molecule has 2 aromatic rings. The van der Waals surface area contributed by atoms with E-state index in [2.05, 4.69) is 24.5 Å². The van der Waals surface area contributed by atoms with E-state index in [1.807, 2.05) is 31.2 Å². The summed E-state index contributed by atoms with van der Waals surface area (Å²) in [6, 6.07) is 7.63. The van der Waals surface area contributed by atoms with Crippen molar-refractivity contribution in [3.05, 3.63) is 45.8 Å². The molecule has 0 spiro atoms. The molecule has 6 nitrogen and oxygen atoms in total. The summed E-state index contributed by atoms with van der Waals surface area (Å²) >= 11 is 1.31. The maximum absolute atomic E-state index is 12.4. The first kappa shape index (κ1) is 21.6. The number of rotatable bonds is 7. The van der Waals surface area contributed by atoms with Gasteiger partial charge in [0.25, 0.3) is 5.91 Å². The van der Waals surface area contributed by atoms with Gasteiger partial charge in [-0.15, -0.1) is 11.3 Å². The smallest absolute Gasteiger partial charge is 0.341 e. The second kappa shape index (κ2) is 9.50. The van der Waals surface area contributed by atoms with E-state index in [0.29, 0.717) is 22.2 Å². The molecule has 0 aliphatic heterocycles. The van der Waals surface area contributed by atoms with E-state index in [9.17, 15) is 14.4 Å². The highest BCUT2D eigenvalue weighted by atomic mass is 32.1. The van der Waals surface area contributed by atoms with Crippen LogP contribution in [0.15, 0.2) is 24.3 Å². The van der Waals surface area contributed by atoms with Crippen molar-refractivity contribution in [1.82, 2.24) is 0 Å². The number of esters is 1. The molecule has 0 aliphatic rings. The largest absolute Gasteiger partial charge is 0.452 e. The van der Waals surface area contributed by atoms with Crippen molar-refractivity contribution < 1.29 is 19.1 Å². The van der Waals surface area contributed by atoms with Gasteiger partial charge in [0.2, 0.25) is 5.91 Å². The van der Waals surface area contributed by atoms with Gasteiger partial charge in [0.1, 0.15) is 5.00 Å². The molecule has 2 amide bonds. The Bertz CT molecular complexity index is 871. The van der Waals surface area contributed by atoms with E-state index in [1.54, 1.807) is 6.92 Å². The van der Waals surface area contributed by atoms with Gasteiger partial charge in [-0.2, -0.15) is 0 Å². The quantitative estimate of drug-likeness (QED) is 0.661. The van der Waals surface area contributed by atoms with E-state index in [1.165, 1.54) is 23.8 Å². The fourth-order valence-electron chi connectivity index (χ4n) is 2.65. The van der Waals surface area contributed by atoms with Crippen molar-refractivity contribution in [2.75, 3.05) is 17.2 Å². The highest BCUT2D eigenvalue weighted by Crippen LogP contribution is 2.33. The lowest BCUT2D eigenvalue weighted by molar-refractivity contribution is -0.119. The summed E-state index contributed by atoms with van der Waals surface area (Å²) in [4.78, 5) is 36.8. The minimum atomic E-state index is -0.632. The molecule has 0 fully saturated rings. The third-order valence-corrected chi connectivity index (χ3v) is 5.71. The predicted octanol–water partition coefficient (Wildman–Crippen LogP) is 4.63. The average Bonchev–Trinajstić information content (AvgIpc) is 2.92. The number of benzene rings is 1. The summed E-state index contributed by atoms with van der Waals surface area (Å²) < 4.78 is 5.16. The lowest BCUT2D eigenvalue weighted by Crippen LogP contribution is -2.21. The Hall–Kier alpha value is -2.67. The molecule has 0 saturated carbocycles. The first-order valence-corrected chi connectivity index (χ1v) is 9.99. The molecule has 2 rings (SSSR count). The van der Waals surface area contributed by atoms with Crippen LogP contribution in [0, 0.1) is 13.8 Å². The van der Waals surface area contributed by atoms with E-state index in [4.69, 9.17) is 4.74 Å². The zero-order valence-corrected chi connectivity index (χ0v) is 17.7. The number of nitrogens with one attached hydrogen (secondary N) is 2. The first-order chi connectivity index (χ1) is 13.2. The summed E-state index contributed by atoms with van der Waals surface area (Å²) in [6.07, 6.45) is 1.05. The first-order valence-electron chi connectivity index (χ1n) is 9.17. The number of hydrogen-bond donors (Lipinski definition) is 2. The van der Waals surface area contributed by atoms with Crippen molar-refractivity contribution in [2.45, 2.75) is 47.0 Å². The molecule has 0 saturated heterocycles. The van der Waals surface area contributed by atoms with E-state index >= 15 is 0 Å². The van der Waals surface area contributed by atoms with Crippen LogP contribution in [0.4, 0.5) is 10.7 Å². The van der Waals surface area contributed by atoms with Crippen LogP contribution in [-0.2, 0) is 14.3 Å². The van der Waals surface area contributed by atoms with Crippen LogP contribution in [0.3, 0.4) is 0 Å². The molecular formula is C21H26N2O4S. The fourth-order valence-corrected chi connectivity index (χ4v) is 3.75. The Balaban J connectivity index is 1.97. The molecule has 0 radical (unpaired) electrons. The van der Waals surface area contributed by atoms with Crippen molar-refractivity contribution in [3.8, 4) is 0 Å². The van der Waals surface area contributed by atoms with Crippen LogP contribution in [-0.4, -0.2) is 24.4 Å². The minimum Gasteiger partial charge on any atom is -0.452 e. The fraction of sp³-hybridized carbons (Fsp3) is 0.381. The van der Waals surface area contributed by atoms with Gasteiger partial charge in [0.05, 0.1) is 5.56 Å². The lowest BCUT2D eigenvalue weighted by Gasteiger charge is -2.11. The van der Waals surface area contributed by atoms with E-state index in [-0.39, 0.29) is 5.91 Å². The molecule has 1 aromatic heterocycles. The number of ether oxygens (including phenoxy) is 1. The number of carbonyl (C=O) groups is 3. The third-order valence-electron chi connectivity index (χ3n) is 4.59. The van der Waals surface area contributed by atoms with Gasteiger partial charge >= 0.3 is 5.97 Å². The van der Waals surface area contributed by atoms with Crippen LogP contribution in [0.25, 0.3) is 0 Å². The van der Waals surface area contributed by atoms with E-state index < -0.39 is 18.5 Å². The lowest BCUT2D eigenvalue weighted by atomic mass is 9.99. The van der Waals surface area contributed by atoms with Gasteiger partial charge < -0.3 is 15.4 Å². The van der Waals surface area contributed by atoms with Crippen molar-refractivity contribution >= 4 is 39.8 Å². The molecule has 1 heterocycles. The summed E-state index contributed by atoms with van der Waals surface area (Å²) in [5, 5.41) is 5.80. The highest BCUT2D eigenvalue weighted by molar-refractivity contribution is 7.16. The maximum atomic E-state index is 12.4. The Morgan fingerprint density at radius 3 is 2.32 bits per heavy atom. The van der Waals surface area contributed by atoms with Crippen LogP contribution < -0.4 is 10.6 Å². The maximum Gasteiger partial charge on any atom is 0.341 e. The second-order valence-electron chi connectivity index (χ2n) is 6.72. The molecule has 28 heavy (non-hydrogen) atoms. The molecule has 1 atom stereocenters. The van der Waals surface area contributed by atoms with Crippen LogP contribution in [0.1, 0.15) is 59.5 Å². The number of carbonyl (C=O) groups excluding carboxylic acids is 3. The molecule has 150 valence electrons. The van der Waals surface area contributed by atoms with Gasteiger partial charge in [-0.25, -0.2) is 4.79 Å². The summed E-state index contributed by atoms with van der Waals surface area (Å²) in [5.74, 6) is -0.863. The zero-order chi connectivity index (χ0) is 20.8. The van der Waals surface area contributed by atoms with Crippen LogP contribution in [0.2, 0.25) is 0 Å². The number of hydrogen-bond acceptors (Lipinski definition) is 5. The average molecular weight is 403 g/mol. The monoisotopic (exact) mass is 402 g/mol. The second-order valence-corrected chi connectivity index (χ2v) is 7.95.